The van der Waals surface area contributed by atoms with Crippen LogP contribution in [0.1, 0.15) is 22.5 Å². The number of fused-ring (bicyclic) bond motifs is 1. The molecule has 0 radical (unpaired) electrons. The van der Waals surface area contributed by atoms with Crippen molar-refractivity contribution in [2.24, 2.45) is 7.05 Å². The average molecular weight is 410 g/mol. The Balaban J connectivity index is 1.40. The van der Waals surface area contributed by atoms with E-state index in [1.54, 1.807) is 11.1 Å². The Bertz CT molecular complexity index is 1050. The number of amides is 1. The second-order valence-electron chi connectivity index (χ2n) is 7.26. The van der Waals surface area contributed by atoms with Crippen molar-refractivity contribution in [3.63, 3.8) is 0 Å². The predicted molar refractivity (Wildman–Crippen MR) is 108 cm³/mol. The Kier molecular flexibility index (Phi) is 5.65. The van der Waals surface area contributed by atoms with Gasteiger partial charge in [-0.1, -0.05) is 0 Å². The number of benzene rings is 1. The van der Waals surface area contributed by atoms with Crippen molar-refractivity contribution in [3.8, 4) is 11.6 Å². The SMILES string of the molecule is Cc1ccnc(OCc2nn(C)c3c2CN(C(=O)COc2ccc(F)cc2)CC3)c1. The Hall–Kier alpha value is -3.42. The number of pyridine rings is 1. The number of aromatic nitrogens is 3. The maximum atomic E-state index is 13.0. The smallest absolute Gasteiger partial charge is 0.260 e. The largest absolute Gasteiger partial charge is 0.484 e. The molecule has 0 fully saturated rings. The highest BCUT2D eigenvalue weighted by molar-refractivity contribution is 5.78. The van der Waals surface area contributed by atoms with Crippen molar-refractivity contribution in [2.45, 2.75) is 26.5 Å². The monoisotopic (exact) mass is 410 g/mol. The zero-order chi connectivity index (χ0) is 21.1. The normalized spacial score (nSPS) is 13.1. The van der Waals surface area contributed by atoms with Crippen molar-refractivity contribution < 1.29 is 18.7 Å². The van der Waals surface area contributed by atoms with Gasteiger partial charge in [0.15, 0.2) is 6.61 Å². The Morgan fingerprint density at radius 2 is 2.00 bits per heavy atom. The molecule has 4 rings (SSSR count). The molecule has 0 atom stereocenters. The summed E-state index contributed by atoms with van der Waals surface area (Å²) in [7, 11) is 1.91. The van der Waals surface area contributed by atoms with Crippen LogP contribution in [0.4, 0.5) is 4.39 Å². The van der Waals surface area contributed by atoms with E-state index in [2.05, 4.69) is 10.1 Å². The van der Waals surface area contributed by atoms with Gasteiger partial charge in [-0.05, 0) is 42.8 Å². The van der Waals surface area contributed by atoms with E-state index >= 15 is 0 Å². The van der Waals surface area contributed by atoms with Gasteiger partial charge in [0.05, 0.1) is 0 Å². The summed E-state index contributed by atoms with van der Waals surface area (Å²) in [5.41, 5.74) is 3.98. The van der Waals surface area contributed by atoms with Gasteiger partial charge < -0.3 is 14.4 Å². The van der Waals surface area contributed by atoms with Gasteiger partial charge in [-0.25, -0.2) is 9.37 Å². The highest BCUT2D eigenvalue weighted by atomic mass is 19.1. The van der Waals surface area contributed by atoms with Crippen LogP contribution in [0.5, 0.6) is 11.6 Å². The van der Waals surface area contributed by atoms with Crippen LogP contribution in [0.2, 0.25) is 0 Å². The number of halogens is 1. The van der Waals surface area contributed by atoms with Crippen LogP contribution in [0.15, 0.2) is 42.6 Å². The van der Waals surface area contributed by atoms with Gasteiger partial charge in [0.25, 0.3) is 5.91 Å². The molecule has 3 heterocycles. The molecular formula is C22H23FN4O3. The number of hydrogen-bond acceptors (Lipinski definition) is 5. The second kappa shape index (κ2) is 8.52. The molecule has 8 heteroatoms. The molecule has 30 heavy (non-hydrogen) atoms. The minimum atomic E-state index is -0.343. The molecule has 0 N–H and O–H groups in total. The molecule has 7 nitrogen and oxygen atoms in total. The lowest BCUT2D eigenvalue weighted by atomic mass is 10.1. The summed E-state index contributed by atoms with van der Waals surface area (Å²) in [6.07, 6.45) is 2.42. The van der Waals surface area contributed by atoms with E-state index in [4.69, 9.17) is 9.47 Å². The first-order chi connectivity index (χ1) is 14.5. The lowest BCUT2D eigenvalue weighted by molar-refractivity contribution is -0.134. The Morgan fingerprint density at radius 1 is 1.20 bits per heavy atom. The number of rotatable bonds is 6. The summed E-state index contributed by atoms with van der Waals surface area (Å²) >= 11 is 0. The van der Waals surface area contributed by atoms with Gasteiger partial charge in [-0.15, -0.1) is 0 Å². The van der Waals surface area contributed by atoms with Crippen molar-refractivity contribution in [2.75, 3.05) is 13.2 Å². The fraction of sp³-hybridized carbons (Fsp3) is 0.318. The summed E-state index contributed by atoms with van der Waals surface area (Å²) in [6, 6.07) is 9.40. The minimum absolute atomic E-state index is 0.0970. The van der Waals surface area contributed by atoms with Gasteiger partial charge >= 0.3 is 0 Å². The topological polar surface area (TPSA) is 69.5 Å². The van der Waals surface area contributed by atoms with Crippen molar-refractivity contribution in [1.29, 1.82) is 0 Å². The minimum Gasteiger partial charge on any atom is -0.484 e. The number of ether oxygens (including phenoxy) is 2. The van der Waals surface area contributed by atoms with Gasteiger partial charge in [0, 0.05) is 50.1 Å². The predicted octanol–water partition coefficient (Wildman–Crippen LogP) is 2.81. The number of nitrogens with zero attached hydrogens (tertiary/aromatic N) is 4. The molecule has 1 aromatic carbocycles. The molecule has 0 saturated heterocycles. The van der Waals surface area contributed by atoms with Crippen molar-refractivity contribution in [1.82, 2.24) is 19.7 Å². The zero-order valence-electron chi connectivity index (χ0n) is 17.0. The van der Waals surface area contributed by atoms with Gasteiger partial charge in [-0.2, -0.15) is 5.10 Å². The maximum Gasteiger partial charge on any atom is 0.260 e. The van der Waals surface area contributed by atoms with E-state index in [1.807, 2.05) is 30.8 Å². The quantitative estimate of drug-likeness (QED) is 0.625. The van der Waals surface area contributed by atoms with Crippen molar-refractivity contribution in [3.05, 3.63) is 70.9 Å². The fourth-order valence-electron chi connectivity index (χ4n) is 3.50. The first-order valence-corrected chi connectivity index (χ1v) is 9.75. The molecule has 3 aromatic rings. The third kappa shape index (κ3) is 4.42. The van der Waals surface area contributed by atoms with Crippen LogP contribution >= 0.6 is 0 Å². The molecule has 1 aliphatic heterocycles. The zero-order valence-corrected chi connectivity index (χ0v) is 17.0. The van der Waals surface area contributed by atoms with Gasteiger partial charge in [-0.3, -0.25) is 9.48 Å². The summed E-state index contributed by atoms with van der Waals surface area (Å²) in [5.74, 6) is 0.542. The number of aryl methyl sites for hydroxylation is 2. The van der Waals surface area contributed by atoms with E-state index in [-0.39, 0.29) is 24.9 Å². The Labute approximate surface area is 174 Å². The lowest BCUT2D eigenvalue weighted by Gasteiger charge is -2.27. The number of carbonyl (C=O) groups is 1. The molecule has 0 aliphatic carbocycles. The molecule has 0 unspecified atom stereocenters. The summed E-state index contributed by atoms with van der Waals surface area (Å²) < 4.78 is 26.2. The van der Waals surface area contributed by atoms with E-state index < -0.39 is 0 Å². The summed E-state index contributed by atoms with van der Waals surface area (Å²) in [4.78, 5) is 18.6. The van der Waals surface area contributed by atoms with E-state index in [0.717, 1.165) is 22.5 Å². The first-order valence-electron chi connectivity index (χ1n) is 9.75. The highest BCUT2D eigenvalue weighted by Crippen LogP contribution is 2.24. The van der Waals surface area contributed by atoms with Crippen LogP contribution in [0.25, 0.3) is 0 Å². The number of hydrogen-bond donors (Lipinski definition) is 0. The highest BCUT2D eigenvalue weighted by Gasteiger charge is 2.27. The van der Waals surface area contributed by atoms with Crippen LogP contribution in [-0.2, 0) is 31.4 Å². The van der Waals surface area contributed by atoms with Crippen molar-refractivity contribution >= 4 is 5.91 Å². The second-order valence-corrected chi connectivity index (χ2v) is 7.26. The molecular weight excluding hydrogens is 387 g/mol. The summed E-state index contributed by atoms with van der Waals surface area (Å²) in [5, 5.41) is 4.58. The lowest BCUT2D eigenvalue weighted by Crippen LogP contribution is -2.39. The standard InChI is InChI=1S/C22H23FN4O3/c1-15-7-9-24-21(11-15)30-13-19-18-12-27(10-8-20(18)26(2)25-19)22(28)14-29-17-5-3-16(23)4-6-17/h3-7,9,11H,8,10,12-14H2,1-2H3. The first kappa shape index (κ1) is 19.9. The number of carbonyl (C=O) groups excluding carboxylic acids is 1. The Morgan fingerprint density at radius 3 is 2.77 bits per heavy atom. The van der Waals surface area contributed by atoms with Crippen LogP contribution in [-0.4, -0.2) is 38.7 Å². The maximum absolute atomic E-state index is 13.0. The third-order valence-electron chi connectivity index (χ3n) is 5.10. The van der Waals surface area contributed by atoms with E-state index in [0.29, 0.717) is 31.1 Å². The molecule has 0 spiro atoms. The van der Waals surface area contributed by atoms with Gasteiger partial charge in [0.1, 0.15) is 23.9 Å². The average Bonchev–Trinajstić information content (AvgIpc) is 3.07. The van der Waals surface area contributed by atoms with E-state index in [1.165, 1.54) is 24.3 Å². The molecule has 0 bridgehead atoms. The van der Waals surface area contributed by atoms with Gasteiger partial charge in [0.2, 0.25) is 5.88 Å². The third-order valence-corrected chi connectivity index (χ3v) is 5.10. The fourth-order valence-corrected chi connectivity index (χ4v) is 3.50. The van der Waals surface area contributed by atoms with Crippen LogP contribution in [0, 0.1) is 12.7 Å². The van der Waals surface area contributed by atoms with Crippen LogP contribution in [0.3, 0.4) is 0 Å². The van der Waals surface area contributed by atoms with E-state index in [9.17, 15) is 9.18 Å². The van der Waals surface area contributed by atoms with Crippen LogP contribution < -0.4 is 9.47 Å². The molecule has 2 aromatic heterocycles. The molecule has 156 valence electrons. The molecule has 1 amide bonds. The summed E-state index contributed by atoms with van der Waals surface area (Å²) in [6.45, 7) is 3.22. The molecule has 0 saturated carbocycles. The molecule has 1 aliphatic rings.